The van der Waals surface area contributed by atoms with Gasteiger partial charge in [-0.2, -0.15) is 5.10 Å². The fraction of sp³-hybridized carbons (Fsp3) is 0.480. The topological polar surface area (TPSA) is 51.0 Å². The van der Waals surface area contributed by atoms with Gasteiger partial charge < -0.3 is 4.90 Å². The summed E-state index contributed by atoms with van der Waals surface area (Å²) >= 11 is 0. The number of fused-ring (bicyclic) bond motifs is 1. The third kappa shape index (κ3) is 3.40. The largest absolute Gasteiger partial charge is 0.342 e. The molecule has 5 heteroatoms. The summed E-state index contributed by atoms with van der Waals surface area (Å²) < 4.78 is 2.08. The van der Waals surface area contributed by atoms with Gasteiger partial charge in [-0.3, -0.25) is 4.79 Å². The van der Waals surface area contributed by atoms with Gasteiger partial charge in [0, 0.05) is 36.0 Å². The van der Waals surface area contributed by atoms with Crippen molar-refractivity contribution in [2.75, 3.05) is 13.1 Å². The van der Waals surface area contributed by atoms with Crippen LogP contribution in [0, 0.1) is 26.7 Å². The maximum atomic E-state index is 12.5. The Bertz CT molecular complexity index is 1090. The maximum absolute atomic E-state index is 12.5. The number of carbonyl (C=O) groups is 1. The first-order valence-corrected chi connectivity index (χ1v) is 11.2. The van der Waals surface area contributed by atoms with Crippen molar-refractivity contribution in [3.8, 4) is 0 Å². The van der Waals surface area contributed by atoms with E-state index in [1.54, 1.807) is 0 Å². The highest BCUT2D eigenvalue weighted by atomic mass is 16.2. The molecule has 5 rings (SSSR count). The van der Waals surface area contributed by atoms with Crippen molar-refractivity contribution in [2.45, 2.75) is 58.9 Å². The second-order valence-corrected chi connectivity index (χ2v) is 9.05. The Morgan fingerprint density at radius 3 is 2.37 bits per heavy atom. The van der Waals surface area contributed by atoms with Gasteiger partial charge in [0.15, 0.2) is 5.65 Å². The molecular weight excluding hydrogens is 372 g/mol. The molecule has 1 amide bonds. The number of nitrogens with zero attached hydrogens (tertiary/aromatic N) is 4. The van der Waals surface area contributed by atoms with Crippen LogP contribution in [0.5, 0.6) is 0 Å². The van der Waals surface area contributed by atoms with Gasteiger partial charge in [0.05, 0.1) is 12.2 Å². The molecule has 2 aromatic heterocycles. The summed E-state index contributed by atoms with van der Waals surface area (Å²) in [5.74, 6) is 1.07. The molecule has 0 unspecified atom stereocenters. The Hall–Kier alpha value is -2.69. The quantitative estimate of drug-likeness (QED) is 0.645. The normalized spacial score (nSPS) is 17.6. The Morgan fingerprint density at radius 2 is 1.70 bits per heavy atom. The summed E-state index contributed by atoms with van der Waals surface area (Å²) in [5.41, 5.74) is 7.02. The summed E-state index contributed by atoms with van der Waals surface area (Å²) in [7, 11) is 0. The summed E-state index contributed by atoms with van der Waals surface area (Å²) in [5, 5.41) is 6.34. The van der Waals surface area contributed by atoms with Crippen LogP contribution in [0.15, 0.2) is 30.3 Å². The number of hydrogen-bond acceptors (Lipinski definition) is 3. The minimum atomic E-state index is 0.310. The predicted octanol–water partition coefficient (Wildman–Crippen LogP) is 4.52. The van der Waals surface area contributed by atoms with Gasteiger partial charge >= 0.3 is 0 Å². The van der Waals surface area contributed by atoms with Crippen LogP contribution in [-0.4, -0.2) is 38.7 Å². The fourth-order valence-corrected chi connectivity index (χ4v) is 4.76. The average molecular weight is 403 g/mol. The van der Waals surface area contributed by atoms with Crippen molar-refractivity contribution in [1.29, 1.82) is 0 Å². The average Bonchev–Trinajstić information content (AvgIpc) is 3.56. The third-order valence-electron chi connectivity index (χ3n) is 7.00. The van der Waals surface area contributed by atoms with Crippen LogP contribution in [0.25, 0.3) is 11.0 Å². The van der Waals surface area contributed by atoms with E-state index >= 15 is 0 Å². The van der Waals surface area contributed by atoms with Crippen LogP contribution in [0.2, 0.25) is 0 Å². The number of pyridine rings is 1. The summed E-state index contributed by atoms with van der Waals surface area (Å²) in [4.78, 5) is 19.5. The zero-order valence-corrected chi connectivity index (χ0v) is 18.2. The Morgan fingerprint density at radius 1 is 1.00 bits per heavy atom. The SMILES string of the molecule is Cc1nc2c(c(C3CCN(C(=O)C4CC4)CC3)nn2Cc2ccccc2)c(C)c1C. The van der Waals surface area contributed by atoms with E-state index in [1.807, 2.05) is 6.07 Å². The lowest BCUT2D eigenvalue weighted by Crippen LogP contribution is -2.38. The standard InChI is InChI=1S/C25H30N4O/c1-16-17(2)22-23(20-11-13-28(14-12-20)25(30)21-9-10-21)27-29(24(22)26-18(16)3)15-19-7-5-4-6-8-19/h4-8,20-21H,9-15H2,1-3H3. The molecule has 1 aliphatic heterocycles. The van der Waals surface area contributed by atoms with Crippen LogP contribution in [0.3, 0.4) is 0 Å². The highest BCUT2D eigenvalue weighted by Crippen LogP contribution is 2.37. The number of hydrogen-bond donors (Lipinski definition) is 0. The smallest absolute Gasteiger partial charge is 0.225 e. The first-order valence-electron chi connectivity index (χ1n) is 11.2. The molecule has 2 fully saturated rings. The molecule has 156 valence electrons. The number of aryl methyl sites for hydroxylation is 2. The molecule has 1 aromatic carbocycles. The van der Waals surface area contributed by atoms with Crippen LogP contribution < -0.4 is 0 Å². The number of amides is 1. The van der Waals surface area contributed by atoms with Crippen LogP contribution >= 0.6 is 0 Å². The summed E-state index contributed by atoms with van der Waals surface area (Å²) in [6.07, 6.45) is 4.14. The molecule has 0 radical (unpaired) electrons. The molecule has 3 heterocycles. The van der Waals surface area contributed by atoms with Crippen molar-refractivity contribution < 1.29 is 4.79 Å². The molecule has 0 atom stereocenters. The second kappa shape index (κ2) is 7.53. The van der Waals surface area contributed by atoms with E-state index in [9.17, 15) is 4.79 Å². The molecule has 30 heavy (non-hydrogen) atoms. The number of aromatic nitrogens is 3. The lowest BCUT2D eigenvalue weighted by atomic mass is 9.90. The number of benzene rings is 1. The van der Waals surface area contributed by atoms with Crippen molar-refractivity contribution >= 4 is 16.9 Å². The van der Waals surface area contributed by atoms with E-state index in [2.05, 4.69) is 54.6 Å². The molecule has 1 aliphatic carbocycles. The van der Waals surface area contributed by atoms with Crippen molar-refractivity contribution in [3.05, 3.63) is 58.4 Å². The molecule has 3 aromatic rings. The van der Waals surface area contributed by atoms with Gasteiger partial charge in [0.25, 0.3) is 0 Å². The Labute approximate surface area is 178 Å². The Kier molecular flexibility index (Phi) is 4.84. The van der Waals surface area contributed by atoms with E-state index in [0.717, 1.165) is 56.7 Å². The molecule has 1 saturated carbocycles. The van der Waals surface area contributed by atoms with E-state index < -0.39 is 0 Å². The first-order chi connectivity index (χ1) is 14.5. The fourth-order valence-electron chi connectivity index (χ4n) is 4.76. The van der Waals surface area contributed by atoms with Gasteiger partial charge in [-0.05, 0) is 63.1 Å². The zero-order chi connectivity index (χ0) is 20.8. The van der Waals surface area contributed by atoms with Gasteiger partial charge in [-0.15, -0.1) is 0 Å². The van der Waals surface area contributed by atoms with Crippen molar-refractivity contribution in [2.24, 2.45) is 5.92 Å². The van der Waals surface area contributed by atoms with Crippen molar-refractivity contribution in [3.63, 3.8) is 0 Å². The van der Waals surface area contributed by atoms with E-state index in [1.165, 1.54) is 27.8 Å². The number of likely N-dealkylation sites (tertiary alicyclic amines) is 1. The Balaban J connectivity index is 1.50. The number of carbonyl (C=O) groups excluding carboxylic acids is 1. The highest BCUT2D eigenvalue weighted by molar-refractivity contribution is 5.84. The monoisotopic (exact) mass is 402 g/mol. The van der Waals surface area contributed by atoms with Crippen LogP contribution in [0.4, 0.5) is 0 Å². The molecular formula is C25H30N4O. The van der Waals surface area contributed by atoms with Gasteiger partial charge in [-0.1, -0.05) is 30.3 Å². The molecule has 5 nitrogen and oxygen atoms in total. The lowest BCUT2D eigenvalue weighted by molar-refractivity contribution is -0.133. The maximum Gasteiger partial charge on any atom is 0.225 e. The second-order valence-electron chi connectivity index (χ2n) is 9.05. The number of rotatable bonds is 4. The third-order valence-corrected chi connectivity index (χ3v) is 7.00. The summed E-state index contributed by atoms with van der Waals surface area (Å²) in [6, 6.07) is 10.5. The minimum Gasteiger partial charge on any atom is -0.342 e. The van der Waals surface area contributed by atoms with Gasteiger partial charge in [0.2, 0.25) is 5.91 Å². The highest BCUT2D eigenvalue weighted by Gasteiger charge is 2.36. The molecule has 0 bridgehead atoms. The van der Waals surface area contributed by atoms with E-state index in [4.69, 9.17) is 10.1 Å². The zero-order valence-electron chi connectivity index (χ0n) is 18.2. The van der Waals surface area contributed by atoms with Crippen molar-refractivity contribution in [1.82, 2.24) is 19.7 Å². The first kappa shape index (κ1) is 19.3. The minimum absolute atomic E-state index is 0.310. The lowest BCUT2D eigenvalue weighted by Gasteiger charge is -2.31. The molecule has 0 N–H and O–H groups in total. The van der Waals surface area contributed by atoms with E-state index in [-0.39, 0.29) is 0 Å². The molecule has 2 aliphatic rings. The molecule has 1 saturated heterocycles. The van der Waals surface area contributed by atoms with E-state index in [0.29, 0.717) is 17.7 Å². The predicted molar refractivity (Wildman–Crippen MR) is 119 cm³/mol. The van der Waals surface area contributed by atoms with Crippen LogP contribution in [0.1, 0.15) is 59.7 Å². The van der Waals surface area contributed by atoms with Crippen LogP contribution in [-0.2, 0) is 11.3 Å². The summed E-state index contributed by atoms with van der Waals surface area (Å²) in [6.45, 7) is 8.88. The number of piperidine rings is 1. The van der Waals surface area contributed by atoms with Gasteiger partial charge in [0.1, 0.15) is 0 Å². The molecule has 0 spiro atoms. The van der Waals surface area contributed by atoms with Gasteiger partial charge in [-0.25, -0.2) is 9.67 Å².